The second kappa shape index (κ2) is 11.0. The number of imidazole rings is 1. The zero-order chi connectivity index (χ0) is 25.8. The van der Waals surface area contributed by atoms with E-state index in [1.54, 1.807) is 88.9 Å². The third-order valence-corrected chi connectivity index (χ3v) is 6.62. The molecule has 0 bridgehead atoms. The van der Waals surface area contributed by atoms with Gasteiger partial charge in [0.2, 0.25) is 5.62 Å². The maximum Gasteiger partial charge on any atom is 0.253 e. The maximum absolute atomic E-state index is 12.9. The minimum Gasteiger partial charge on any atom is -0.497 e. The van der Waals surface area contributed by atoms with Gasteiger partial charge in [-0.3, -0.25) is 15.0 Å². The third-order valence-electron chi connectivity index (χ3n) is 6.06. The maximum atomic E-state index is 12.9. The highest BCUT2D eigenvalue weighted by Crippen LogP contribution is 2.23. The largest absolute Gasteiger partial charge is 0.497 e. The van der Waals surface area contributed by atoms with E-state index in [1.807, 2.05) is 6.07 Å². The molecule has 9 heteroatoms. The van der Waals surface area contributed by atoms with Crippen LogP contribution in [0.4, 0.5) is 0 Å². The van der Waals surface area contributed by atoms with Crippen molar-refractivity contribution in [3.8, 4) is 5.75 Å². The number of benzene rings is 3. The average molecular weight is 525 g/mol. The van der Waals surface area contributed by atoms with Crippen LogP contribution in [0.5, 0.6) is 5.75 Å². The number of hydrogen-bond donors (Lipinski definition) is 1. The molecular formula is C27H26Cl2N4O3. The van der Waals surface area contributed by atoms with Gasteiger partial charge in [-0.05, 0) is 67.1 Å². The van der Waals surface area contributed by atoms with Gasteiger partial charge in [-0.1, -0.05) is 29.3 Å². The lowest BCUT2D eigenvalue weighted by molar-refractivity contribution is 0.0791. The number of aryl methyl sites for hydroxylation is 1. The van der Waals surface area contributed by atoms with E-state index < -0.39 is 0 Å². The lowest BCUT2D eigenvalue weighted by atomic mass is 10.1. The highest BCUT2D eigenvalue weighted by Gasteiger charge is 2.18. The van der Waals surface area contributed by atoms with Crippen LogP contribution in [0.25, 0.3) is 11.0 Å². The molecule has 0 aliphatic rings. The summed E-state index contributed by atoms with van der Waals surface area (Å²) in [4.78, 5) is 27.3. The van der Waals surface area contributed by atoms with Crippen molar-refractivity contribution >= 4 is 45.9 Å². The number of ether oxygens (including phenoxy) is 1. The zero-order valence-electron chi connectivity index (χ0n) is 20.0. The van der Waals surface area contributed by atoms with Crippen LogP contribution in [-0.2, 0) is 13.1 Å². The summed E-state index contributed by atoms with van der Waals surface area (Å²) in [6.07, 6.45) is 0.602. The van der Waals surface area contributed by atoms with E-state index in [1.165, 1.54) is 0 Å². The SMILES string of the molecule is COc1ccc(C(=O)N(C)CCCn2c(=N)n(CC(=O)c3ccc(Cl)cc3)c3cccc(Cl)c32)cc1. The summed E-state index contributed by atoms with van der Waals surface area (Å²) in [7, 11) is 3.33. The number of rotatable bonds is 9. The lowest BCUT2D eigenvalue weighted by Gasteiger charge is -2.17. The molecule has 0 atom stereocenters. The number of Topliss-reactive ketones (excluding diaryl/α,β-unsaturated/α-hetero) is 1. The first-order valence-corrected chi connectivity index (χ1v) is 12.2. The highest BCUT2D eigenvalue weighted by molar-refractivity contribution is 6.35. The summed E-state index contributed by atoms with van der Waals surface area (Å²) in [5.41, 5.74) is 2.67. The fraction of sp³-hybridized carbons (Fsp3) is 0.222. The molecule has 4 aromatic rings. The van der Waals surface area contributed by atoms with Gasteiger partial charge in [0.25, 0.3) is 5.91 Å². The van der Waals surface area contributed by atoms with Crippen molar-refractivity contribution in [2.24, 2.45) is 0 Å². The predicted molar refractivity (Wildman–Crippen MR) is 141 cm³/mol. The van der Waals surface area contributed by atoms with Crippen molar-refractivity contribution in [3.63, 3.8) is 0 Å². The molecule has 0 spiro atoms. The smallest absolute Gasteiger partial charge is 0.253 e. The quantitative estimate of drug-likeness (QED) is 0.302. The van der Waals surface area contributed by atoms with Crippen molar-refractivity contribution in [2.75, 3.05) is 20.7 Å². The molecule has 1 heterocycles. The number of carbonyl (C=O) groups is 2. The number of nitrogens with zero attached hydrogens (tertiary/aromatic N) is 3. The number of para-hydroxylation sites is 1. The second-order valence-electron chi connectivity index (χ2n) is 8.41. The van der Waals surface area contributed by atoms with Crippen molar-refractivity contribution in [1.82, 2.24) is 14.0 Å². The summed E-state index contributed by atoms with van der Waals surface area (Å²) >= 11 is 12.5. The topological polar surface area (TPSA) is 80.3 Å². The number of methoxy groups -OCH3 is 1. The van der Waals surface area contributed by atoms with Gasteiger partial charge in [-0.15, -0.1) is 0 Å². The Morgan fingerprint density at radius 3 is 2.28 bits per heavy atom. The number of halogens is 2. The Morgan fingerprint density at radius 1 is 0.944 bits per heavy atom. The molecule has 36 heavy (non-hydrogen) atoms. The van der Waals surface area contributed by atoms with E-state index in [-0.39, 0.29) is 23.9 Å². The third kappa shape index (κ3) is 5.32. The fourth-order valence-electron chi connectivity index (χ4n) is 4.12. The number of ketones is 1. The molecule has 0 radical (unpaired) electrons. The Labute approximate surface area is 218 Å². The summed E-state index contributed by atoms with van der Waals surface area (Å²) in [6, 6.07) is 19.1. The number of carbonyl (C=O) groups excluding carboxylic acids is 2. The molecule has 1 amide bonds. The van der Waals surface area contributed by atoms with Crippen LogP contribution in [-0.4, -0.2) is 46.4 Å². The molecule has 7 nitrogen and oxygen atoms in total. The van der Waals surface area contributed by atoms with Gasteiger partial charge >= 0.3 is 0 Å². The van der Waals surface area contributed by atoms with Gasteiger partial charge in [-0.2, -0.15) is 0 Å². The van der Waals surface area contributed by atoms with E-state index in [0.29, 0.717) is 57.5 Å². The van der Waals surface area contributed by atoms with Crippen LogP contribution in [0.1, 0.15) is 27.1 Å². The number of nitrogens with one attached hydrogen (secondary N) is 1. The van der Waals surface area contributed by atoms with Crippen molar-refractivity contribution in [2.45, 2.75) is 19.5 Å². The number of hydrogen-bond acceptors (Lipinski definition) is 4. The Bertz CT molecular complexity index is 1460. The van der Waals surface area contributed by atoms with Crippen LogP contribution >= 0.6 is 23.2 Å². The van der Waals surface area contributed by atoms with Crippen LogP contribution in [0.15, 0.2) is 66.7 Å². The molecular weight excluding hydrogens is 499 g/mol. The lowest BCUT2D eigenvalue weighted by Crippen LogP contribution is -2.30. The van der Waals surface area contributed by atoms with Crippen LogP contribution in [0, 0.1) is 5.41 Å². The first-order chi connectivity index (χ1) is 17.3. The molecule has 1 aromatic heterocycles. The monoisotopic (exact) mass is 524 g/mol. The Kier molecular flexibility index (Phi) is 7.82. The first kappa shape index (κ1) is 25.5. The molecule has 1 N–H and O–H groups in total. The second-order valence-corrected chi connectivity index (χ2v) is 9.25. The summed E-state index contributed by atoms with van der Waals surface area (Å²) in [6.45, 7) is 0.944. The molecule has 186 valence electrons. The summed E-state index contributed by atoms with van der Waals surface area (Å²) in [5.74, 6) is 0.466. The van der Waals surface area contributed by atoms with E-state index in [2.05, 4.69) is 0 Å². The predicted octanol–water partition coefficient (Wildman–Crippen LogP) is 5.28. The van der Waals surface area contributed by atoms with Gasteiger partial charge in [0.05, 0.1) is 29.7 Å². The molecule has 4 rings (SSSR count). The first-order valence-electron chi connectivity index (χ1n) is 11.4. The minimum atomic E-state index is -0.131. The average Bonchev–Trinajstić information content (AvgIpc) is 3.15. The summed E-state index contributed by atoms with van der Waals surface area (Å²) < 4.78 is 8.60. The fourth-order valence-corrected chi connectivity index (χ4v) is 4.52. The highest BCUT2D eigenvalue weighted by atomic mass is 35.5. The standard InChI is InChI=1S/C27H26Cl2N4O3/c1-31(26(35)19-9-13-21(36-2)14-10-19)15-4-16-32-25-22(29)5-3-6-23(25)33(27(32)30)17-24(34)18-7-11-20(28)12-8-18/h3,5-14,30H,4,15-17H2,1-2H3. The van der Waals surface area contributed by atoms with E-state index in [9.17, 15) is 9.59 Å². The van der Waals surface area contributed by atoms with E-state index >= 15 is 0 Å². The van der Waals surface area contributed by atoms with Crippen molar-refractivity contribution < 1.29 is 14.3 Å². The Morgan fingerprint density at radius 2 is 1.61 bits per heavy atom. The Hall–Kier alpha value is -3.55. The van der Waals surface area contributed by atoms with E-state index in [0.717, 1.165) is 0 Å². The van der Waals surface area contributed by atoms with Gasteiger partial charge in [0.1, 0.15) is 5.75 Å². The molecule has 0 aliphatic heterocycles. The molecule has 0 fully saturated rings. The van der Waals surface area contributed by atoms with Gasteiger partial charge in [0, 0.05) is 36.3 Å². The molecule has 3 aromatic carbocycles. The van der Waals surface area contributed by atoms with Crippen LogP contribution < -0.4 is 10.4 Å². The number of aromatic nitrogens is 2. The zero-order valence-corrected chi connectivity index (χ0v) is 21.5. The van der Waals surface area contributed by atoms with Gasteiger partial charge in [0.15, 0.2) is 5.78 Å². The van der Waals surface area contributed by atoms with Crippen molar-refractivity contribution in [3.05, 3.63) is 93.5 Å². The van der Waals surface area contributed by atoms with Crippen LogP contribution in [0.2, 0.25) is 10.0 Å². The molecule has 0 unspecified atom stereocenters. The van der Waals surface area contributed by atoms with E-state index in [4.69, 9.17) is 33.3 Å². The van der Waals surface area contributed by atoms with Gasteiger partial charge < -0.3 is 18.8 Å². The number of amides is 1. The van der Waals surface area contributed by atoms with Crippen LogP contribution in [0.3, 0.4) is 0 Å². The normalized spacial score (nSPS) is 11.0. The Balaban J connectivity index is 1.52. The number of fused-ring (bicyclic) bond motifs is 1. The molecule has 0 aliphatic carbocycles. The van der Waals surface area contributed by atoms with Gasteiger partial charge in [-0.25, -0.2) is 0 Å². The molecule has 0 saturated heterocycles. The minimum absolute atomic E-state index is 0.000165. The van der Waals surface area contributed by atoms with Crippen molar-refractivity contribution in [1.29, 1.82) is 5.41 Å². The molecule has 0 saturated carbocycles. The summed E-state index contributed by atoms with van der Waals surface area (Å²) in [5, 5.41) is 9.86.